The van der Waals surface area contributed by atoms with Crippen LogP contribution in [0.1, 0.15) is 19.3 Å². The Morgan fingerprint density at radius 2 is 2.38 bits per heavy atom. The van der Waals surface area contributed by atoms with Crippen molar-refractivity contribution in [3.63, 3.8) is 0 Å². The van der Waals surface area contributed by atoms with E-state index in [0.717, 1.165) is 3.92 Å². The molecule has 0 N–H and O–H groups in total. The molecule has 1 aliphatic rings. The zero-order valence-electron chi connectivity index (χ0n) is 4.53. The number of halogens is 2. The Kier molecular flexibility index (Phi) is 3.10. The molecule has 0 saturated heterocycles. The molecular weight excluding hydrogens is 326 g/mol. The minimum absolute atomic E-state index is 0.908. The predicted molar refractivity (Wildman–Crippen MR) is 53.8 cm³/mol. The van der Waals surface area contributed by atoms with E-state index in [-0.39, 0.29) is 0 Å². The first-order valence-electron chi connectivity index (χ1n) is 2.77. The van der Waals surface area contributed by atoms with E-state index in [1.54, 1.807) is 3.58 Å². The van der Waals surface area contributed by atoms with Crippen LogP contribution in [0.15, 0.2) is 9.66 Å². The average Bonchev–Trinajstić information content (AvgIpc) is 1.77. The Bertz CT molecular complexity index is 107. The van der Waals surface area contributed by atoms with Gasteiger partial charge in [-0.05, 0) is 45.4 Å². The highest BCUT2D eigenvalue weighted by Gasteiger charge is 2.07. The molecule has 1 atom stereocenters. The van der Waals surface area contributed by atoms with Crippen molar-refractivity contribution in [1.82, 2.24) is 0 Å². The molecule has 0 spiro atoms. The van der Waals surface area contributed by atoms with E-state index in [2.05, 4.69) is 51.3 Å². The summed E-state index contributed by atoms with van der Waals surface area (Å²) >= 11 is 4.94. The van der Waals surface area contributed by atoms with E-state index in [0.29, 0.717) is 0 Å². The molecule has 0 nitrogen and oxygen atoms in total. The molecule has 0 bridgehead atoms. The van der Waals surface area contributed by atoms with Crippen LogP contribution in [0.2, 0.25) is 0 Å². The van der Waals surface area contributed by atoms with Gasteiger partial charge in [0.15, 0.2) is 0 Å². The van der Waals surface area contributed by atoms with Gasteiger partial charge in [0.25, 0.3) is 0 Å². The van der Waals surface area contributed by atoms with Gasteiger partial charge in [-0.1, -0.05) is 28.7 Å². The van der Waals surface area contributed by atoms with Gasteiger partial charge in [0.2, 0.25) is 0 Å². The van der Waals surface area contributed by atoms with Crippen LogP contribution < -0.4 is 0 Å². The Balaban J connectivity index is 2.42. The summed E-state index contributed by atoms with van der Waals surface area (Å²) in [6, 6.07) is 0. The number of hydrogen-bond donors (Lipinski definition) is 0. The third-order valence-corrected chi connectivity index (χ3v) is 3.40. The van der Waals surface area contributed by atoms with Gasteiger partial charge in [-0.3, -0.25) is 0 Å². The van der Waals surface area contributed by atoms with Crippen molar-refractivity contribution in [2.45, 2.75) is 23.2 Å². The topological polar surface area (TPSA) is 0 Å². The normalized spacial score (nSPS) is 29.8. The van der Waals surface area contributed by atoms with E-state index in [1.165, 1.54) is 19.3 Å². The second-order valence-electron chi connectivity index (χ2n) is 2.02. The first kappa shape index (κ1) is 7.31. The fourth-order valence-corrected chi connectivity index (χ4v) is 1.90. The SMILES string of the molecule is IC1=CCC(I)CC1. The quantitative estimate of drug-likeness (QED) is 0.471. The van der Waals surface area contributed by atoms with Gasteiger partial charge >= 0.3 is 0 Å². The summed E-state index contributed by atoms with van der Waals surface area (Å²) in [4.78, 5) is 0. The molecule has 1 rings (SSSR count). The minimum Gasteiger partial charge on any atom is -0.0823 e. The molecule has 0 aromatic rings. The average molecular weight is 334 g/mol. The molecule has 0 radical (unpaired) electrons. The summed E-state index contributed by atoms with van der Waals surface area (Å²) in [7, 11) is 0. The fourth-order valence-electron chi connectivity index (χ4n) is 0.770. The highest BCUT2D eigenvalue weighted by molar-refractivity contribution is 14.1. The summed E-state index contributed by atoms with van der Waals surface area (Å²) in [6.45, 7) is 0. The van der Waals surface area contributed by atoms with Crippen LogP contribution in [-0.4, -0.2) is 3.92 Å². The third kappa shape index (κ3) is 2.21. The molecule has 8 heavy (non-hydrogen) atoms. The highest BCUT2D eigenvalue weighted by Crippen LogP contribution is 2.27. The van der Waals surface area contributed by atoms with Crippen LogP contribution in [0.5, 0.6) is 0 Å². The summed E-state index contributed by atoms with van der Waals surface area (Å²) in [5, 5.41) is 0. The Labute approximate surface area is 77.4 Å². The van der Waals surface area contributed by atoms with Gasteiger partial charge in [-0.2, -0.15) is 0 Å². The maximum Gasteiger partial charge on any atom is 0.0148 e. The lowest BCUT2D eigenvalue weighted by Crippen LogP contribution is -1.99. The van der Waals surface area contributed by atoms with Gasteiger partial charge < -0.3 is 0 Å². The molecule has 0 amide bonds. The monoisotopic (exact) mass is 334 g/mol. The van der Waals surface area contributed by atoms with Gasteiger partial charge in [-0.15, -0.1) is 0 Å². The standard InChI is InChI=1S/C6H8I2/c7-5-1-2-6(8)4-3-5/h1,6H,2-4H2. The van der Waals surface area contributed by atoms with Gasteiger partial charge in [0.05, 0.1) is 0 Å². The van der Waals surface area contributed by atoms with Crippen molar-refractivity contribution in [2.24, 2.45) is 0 Å². The molecule has 0 fully saturated rings. The lowest BCUT2D eigenvalue weighted by molar-refractivity contribution is 0.768. The number of allylic oxidation sites excluding steroid dienone is 2. The minimum atomic E-state index is 0.908. The van der Waals surface area contributed by atoms with Crippen molar-refractivity contribution in [3.05, 3.63) is 9.66 Å². The molecule has 0 aromatic heterocycles. The molecule has 46 valence electrons. The predicted octanol–water partition coefficient (Wildman–Crippen LogP) is 3.29. The second-order valence-corrected chi connectivity index (χ2v) is 5.17. The van der Waals surface area contributed by atoms with Gasteiger partial charge in [-0.25, -0.2) is 0 Å². The van der Waals surface area contributed by atoms with Crippen LogP contribution in [0, 0.1) is 0 Å². The molecule has 0 aromatic carbocycles. The van der Waals surface area contributed by atoms with Crippen molar-refractivity contribution in [2.75, 3.05) is 0 Å². The summed E-state index contributed by atoms with van der Waals surface area (Å²) in [6.07, 6.45) is 6.34. The lowest BCUT2D eigenvalue weighted by Gasteiger charge is -2.11. The van der Waals surface area contributed by atoms with E-state index in [9.17, 15) is 0 Å². The molecule has 0 saturated carbocycles. The summed E-state index contributed by atoms with van der Waals surface area (Å²) in [5.74, 6) is 0. The third-order valence-electron chi connectivity index (χ3n) is 1.29. The largest absolute Gasteiger partial charge is 0.0823 e. The molecular formula is C6H8I2. The summed E-state index contributed by atoms with van der Waals surface area (Å²) < 4.78 is 2.46. The first-order chi connectivity index (χ1) is 3.79. The molecule has 0 aliphatic heterocycles. The maximum atomic E-state index is 2.52. The first-order valence-corrected chi connectivity index (χ1v) is 5.10. The molecule has 0 heterocycles. The van der Waals surface area contributed by atoms with Crippen molar-refractivity contribution in [1.29, 1.82) is 0 Å². The van der Waals surface area contributed by atoms with Crippen LogP contribution in [0.25, 0.3) is 0 Å². The Morgan fingerprint density at radius 1 is 1.62 bits per heavy atom. The van der Waals surface area contributed by atoms with Gasteiger partial charge in [0.1, 0.15) is 0 Å². The zero-order valence-corrected chi connectivity index (χ0v) is 8.85. The fraction of sp³-hybridized carbons (Fsp3) is 0.667. The molecule has 2 heteroatoms. The second kappa shape index (κ2) is 3.39. The van der Waals surface area contributed by atoms with Crippen LogP contribution in [0.4, 0.5) is 0 Å². The number of alkyl halides is 1. The van der Waals surface area contributed by atoms with E-state index in [4.69, 9.17) is 0 Å². The smallest absolute Gasteiger partial charge is 0.0148 e. The van der Waals surface area contributed by atoms with Crippen molar-refractivity contribution >= 4 is 45.2 Å². The summed E-state index contributed by atoms with van der Waals surface area (Å²) in [5.41, 5.74) is 0. The number of rotatable bonds is 0. The maximum absolute atomic E-state index is 2.52. The van der Waals surface area contributed by atoms with Crippen molar-refractivity contribution in [3.8, 4) is 0 Å². The van der Waals surface area contributed by atoms with Crippen LogP contribution >= 0.6 is 45.2 Å². The van der Waals surface area contributed by atoms with Gasteiger partial charge in [0, 0.05) is 3.92 Å². The Morgan fingerprint density at radius 3 is 2.75 bits per heavy atom. The highest BCUT2D eigenvalue weighted by atomic mass is 127. The van der Waals surface area contributed by atoms with E-state index in [1.807, 2.05) is 0 Å². The molecule has 1 unspecified atom stereocenters. The zero-order chi connectivity index (χ0) is 5.98. The van der Waals surface area contributed by atoms with E-state index < -0.39 is 0 Å². The van der Waals surface area contributed by atoms with Crippen LogP contribution in [-0.2, 0) is 0 Å². The molecule has 1 aliphatic carbocycles. The van der Waals surface area contributed by atoms with Crippen LogP contribution in [0.3, 0.4) is 0 Å². The Hall–Kier alpha value is 1.20. The lowest BCUT2D eigenvalue weighted by atomic mass is 10.1. The van der Waals surface area contributed by atoms with E-state index >= 15 is 0 Å². The number of hydrogen-bond acceptors (Lipinski definition) is 0. The van der Waals surface area contributed by atoms with Crippen molar-refractivity contribution < 1.29 is 0 Å².